The number of nitrogens with one attached hydrogen (secondary N) is 1. The fraction of sp³-hybridized carbons (Fsp3) is 0.647. The molecule has 42 heavy (non-hydrogen) atoms. The molecule has 3 fully saturated rings. The Balaban J connectivity index is 1.19. The number of allylic oxidation sites excluding steroid dienone is 2. The Hall–Kier alpha value is -3.16. The number of phenolic OH excluding ortho intramolecular Hbond substituents is 1. The lowest BCUT2D eigenvalue weighted by atomic mass is 9.46. The molecule has 4 aliphatic rings. The SMILES string of the molecule is CCOC(=O)C(Cc1ccc(O)cc1)NC(=O)CO/N=C1/C=C2CCC3C4CCC(C(C)=O)[C@]4(C)CCC3[C@]2(C)CC1. The molecule has 8 heteroatoms. The first-order chi connectivity index (χ1) is 20.0. The third-order valence-electron chi connectivity index (χ3n) is 11.1. The maximum Gasteiger partial charge on any atom is 0.328 e. The lowest BCUT2D eigenvalue weighted by Crippen LogP contribution is -2.51. The summed E-state index contributed by atoms with van der Waals surface area (Å²) >= 11 is 0. The molecule has 0 radical (unpaired) electrons. The molecule has 7 atom stereocenters. The van der Waals surface area contributed by atoms with Crippen molar-refractivity contribution in [2.45, 2.75) is 91.5 Å². The number of oxime groups is 1. The van der Waals surface area contributed by atoms with Gasteiger partial charge in [0.05, 0.1) is 12.3 Å². The minimum Gasteiger partial charge on any atom is -0.508 e. The van der Waals surface area contributed by atoms with E-state index in [0.717, 1.165) is 43.4 Å². The van der Waals surface area contributed by atoms with Crippen molar-refractivity contribution >= 4 is 23.4 Å². The van der Waals surface area contributed by atoms with E-state index < -0.39 is 17.9 Å². The first-order valence-corrected chi connectivity index (χ1v) is 15.7. The Morgan fingerprint density at radius 3 is 2.52 bits per heavy atom. The van der Waals surface area contributed by atoms with Gasteiger partial charge >= 0.3 is 5.97 Å². The van der Waals surface area contributed by atoms with Gasteiger partial charge in [-0.05, 0) is 118 Å². The lowest BCUT2D eigenvalue weighted by molar-refractivity contribution is -0.147. The van der Waals surface area contributed by atoms with E-state index in [1.165, 1.54) is 24.8 Å². The largest absolute Gasteiger partial charge is 0.508 e. The molecule has 0 heterocycles. The Bertz CT molecular complexity index is 1250. The number of carbonyl (C=O) groups excluding carboxylic acids is 3. The van der Waals surface area contributed by atoms with Gasteiger partial charge in [-0.1, -0.05) is 36.7 Å². The molecule has 5 unspecified atom stereocenters. The van der Waals surface area contributed by atoms with Gasteiger partial charge in [0, 0.05) is 12.3 Å². The molecule has 1 aromatic carbocycles. The van der Waals surface area contributed by atoms with Crippen molar-refractivity contribution in [1.82, 2.24) is 5.32 Å². The summed E-state index contributed by atoms with van der Waals surface area (Å²) in [5.41, 5.74) is 3.40. The second kappa shape index (κ2) is 12.2. The van der Waals surface area contributed by atoms with Gasteiger partial charge in [-0.2, -0.15) is 0 Å². The van der Waals surface area contributed by atoms with E-state index in [4.69, 9.17) is 9.57 Å². The summed E-state index contributed by atoms with van der Waals surface area (Å²) in [4.78, 5) is 43.1. The van der Waals surface area contributed by atoms with Crippen LogP contribution in [-0.2, 0) is 30.4 Å². The number of phenols is 1. The maximum atomic E-state index is 12.7. The van der Waals surface area contributed by atoms with Crippen LogP contribution in [0.15, 0.2) is 41.1 Å². The zero-order valence-electron chi connectivity index (χ0n) is 25.5. The molecular formula is C34H46N2O6. The second-order valence-electron chi connectivity index (χ2n) is 13.4. The van der Waals surface area contributed by atoms with E-state index in [2.05, 4.69) is 30.4 Å². The zero-order chi connectivity index (χ0) is 30.1. The predicted octanol–water partition coefficient (Wildman–Crippen LogP) is 5.52. The van der Waals surface area contributed by atoms with Crippen LogP contribution >= 0.6 is 0 Å². The van der Waals surface area contributed by atoms with E-state index in [1.807, 2.05) is 0 Å². The van der Waals surface area contributed by atoms with Crippen molar-refractivity contribution in [1.29, 1.82) is 0 Å². The van der Waals surface area contributed by atoms with Crippen LogP contribution in [0.3, 0.4) is 0 Å². The van der Waals surface area contributed by atoms with Crippen molar-refractivity contribution in [3.05, 3.63) is 41.5 Å². The molecular weight excluding hydrogens is 532 g/mol. The van der Waals surface area contributed by atoms with Crippen LogP contribution in [0.5, 0.6) is 5.75 Å². The number of hydrogen-bond donors (Lipinski definition) is 2. The number of Topliss-reactive ketones (excluding diaryl/α,β-unsaturated/α-hetero) is 1. The number of carbonyl (C=O) groups is 3. The molecule has 0 aromatic heterocycles. The number of benzene rings is 1. The van der Waals surface area contributed by atoms with Crippen LogP contribution in [0.1, 0.15) is 84.6 Å². The molecule has 1 aromatic rings. The summed E-state index contributed by atoms with van der Waals surface area (Å²) in [6, 6.07) is 5.62. The molecule has 4 aliphatic carbocycles. The summed E-state index contributed by atoms with van der Waals surface area (Å²) < 4.78 is 5.15. The molecule has 0 bridgehead atoms. The third kappa shape index (κ3) is 5.86. The summed E-state index contributed by atoms with van der Waals surface area (Å²) in [6.45, 7) is 8.25. The number of rotatable bonds is 9. The molecule has 2 N–H and O–H groups in total. The minimum absolute atomic E-state index is 0.132. The number of esters is 1. The van der Waals surface area contributed by atoms with Crippen molar-refractivity contribution < 1.29 is 29.1 Å². The van der Waals surface area contributed by atoms with Crippen LogP contribution in [-0.4, -0.2) is 47.7 Å². The number of ketones is 1. The number of ether oxygens (including phenoxy) is 1. The van der Waals surface area contributed by atoms with Gasteiger partial charge in [-0.15, -0.1) is 0 Å². The number of amides is 1. The topological polar surface area (TPSA) is 114 Å². The van der Waals surface area contributed by atoms with Crippen LogP contribution in [0, 0.1) is 34.5 Å². The number of nitrogens with zero attached hydrogens (tertiary/aromatic N) is 1. The van der Waals surface area contributed by atoms with Crippen molar-refractivity contribution in [3.8, 4) is 5.75 Å². The van der Waals surface area contributed by atoms with E-state index >= 15 is 0 Å². The van der Waals surface area contributed by atoms with Crippen LogP contribution in [0.25, 0.3) is 0 Å². The van der Waals surface area contributed by atoms with Gasteiger partial charge in [0.1, 0.15) is 17.6 Å². The Morgan fingerprint density at radius 2 is 1.81 bits per heavy atom. The summed E-state index contributed by atoms with van der Waals surface area (Å²) in [5, 5.41) is 16.6. The highest BCUT2D eigenvalue weighted by atomic mass is 16.6. The second-order valence-corrected chi connectivity index (χ2v) is 13.4. The number of aromatic hydroxyl groups is 1. The third-order valence-corrected chi connectivity index (χ3v) is 11.1. The first-order valence-electron chi connectivity index (χ1n) is 15.7. The van der Waals surface area contributed by atoms with Crippen molar-refractivity contribution in [2.75, 3.05) is 13.2 Å². The highest BCUT2D eigenvalue weighted by molar-refractivity contribution is 5.96. The fourth-order valence-electron chi connectivity index (χ4n) is 9.02. The Kier molecular flexibility index (Phi) is 8.81. The molecule has 228 valence electrons. The monoisotopic (exact) mass is 578 g/mol. The Labute approximate surface area is 249 Å². The molecule has 0 spiro atoms. The first kappa shape index (κ1) is 30.3. The molecule has 5 rings (SSSR count). The average Bonchev–Trinajstić information content (AvgIpc) is 3.31. The van der Waals surface area contributed by atoms with Crippen LogP contribution in [0.2, 0.25) is 0 Å². The fourth-order valence-corrected chi connectivity index (χ4v) is 9.02. The summed E-state index contributed by atoms with van der Waals surface area (Å²) in [6.07, 6.45) is 11.0. The standard InChI is InChI=1S/C34H46N2O6/c1-5-41-32(40)30(18-22-6-9-25(38)10-7-22)35-31(39)20-42-36-24-14-16-33(3)23(19-24)8-11-26-28-13-12-27(21(2)37)34(28,4)17-15-29(26)33/h6-7,9-10,19,26-30,38H,5,8,11-18,20H2,1-4H3,(H,35,39)/b36-24+/t26?,27?,28?,29?,30?,33-,34+/m1/s1. The predicted molar refractivity (Wildman–Crippen MR) is 160 cm³/mol. The van der Waals surface area contributed by atoms with Gasteiger partial charge in [0.15, 0.2) is 6.61 Å². The van der Waals surface area contributed by atoms with Crippen molar-refractivity contribution in [2.24, 2.45) is 39.7 Å². The van der Waals surface area contributed by atoms with Gasteiger partial charge < -0.3 is 20.0 Å². The summed E-state index contributed by atoms with van der Waals surface area (Å²) in [7, 11) is 0. The summed E-state index contributed by atoms with van der Waals surface area (Å²) in [5.74, 6) is 1.74. The molecule has 3 saturated carbocycles. The number of fused-ring (bicyclic) bond motifs is 5. The quantitative estimate of drug-likeness (QED) is 0.295. The average molecular weight is 579 g/mol. The smallest absolute Gasteiger partial charge is 0.328 e. The van der Waals surface area contributed by atoms with Gasteiger partial charge in [-0.25, -0.2) is 4.79 Å². The highest BCUT2D eigenvalue weighted by Gasteiger charge is 2.59. The van der Waals surface area contributed by atoms with Gasteiger partial charge in [-0.3, -0.25) is 9.59 Å². The van der Waals surface area contributed by atoms with E-state index in [1.54, 1.807) is 38.1 Å². The number of hydrogen-bond acceptors (Lipinski definition) is 7. The normalized spacial score (nSPS) is 33.4. The molecule has 0 saturated heterocycles. The van der Waals surface area contributed by atoms with Gasteiger partial charge in [0.25, 0.3) is 5.91 Å². The van der Waals surface area contributed by atoms with Crippen molar-refractivity contribution in [3.63, 3.8) is 0 Å². The van der Waals surface area contributed by atoms with E-state index in [-0.39, 0.29) is 42.1 Å². The maximum absolute atomic E-state index is 12.7. The highest BCUT2D eigenvalue weighted by Crippen LogP contribution is 2.66. The molecule has 8 nitrogen and oxygen atoms in total. The Morgan fingerprint density at radius 1 is 1.05 bits per heavy atom. The minimum atomic E-state index is -0.867. The van der Waals surface area contributed by atoms with E-state index in [9.17, 15) is 19.5 Å². The van der Waals surface area contributed by atoms with Crippen LogP contribution < -0.4 is 5.32 Å². The van der Waals surface area contributed by atoms with Crippen LogP contribution in [0.4, 0.5) is 0 Å². The van der Waals surface area contributed by atoms with E-state index in [0.29, 0.717) is 23.5 Å². The molecule has 0 aliphatic heterocycles. The van der Waals surface area contributed by atoms with Gasteiger partial charge in [0.2, 0.25) is 0 Å². The molecule has 1 amide bonds. The zero-order valence-corrected chi connectivity index (χ0v) is 25.5. The lowest BCUT2D eigenvalue weighted by Gasteiger charge is -2.58.